The van der Waals surface area contributed by atoms with Crippen molar-refractivity contribution in [3.63, 3.8) is 0 Å². The topological polar surface area (TPSA) is 142 Å². The number of methoxy groups -OCH3 is 1. The highest BCUT2D eigenvalue weighted by Crippen LogP contribution is 2.38. The van der Waals surface area contributed by atoms with Gasteiger partial charge in [-0.25, -0.2) is 22.4 Å². The standard InChI is InChI=1S/C26H32N4O7S/c1-7-21(31)30(38(6,35)36)17-10-8-16(9-11-17)28-24(33)19-14-18(29-22(32)12-13-27-25(29)34)15-20(23(19)37-5)26(2,3)4/h8-11,14-15H,7,12-13H2,1-6H3,(H,27,34)(H,28,33). The first-order valence-electron chi connectivity index (χ1n) is 12.0. The number of anilines is 3. The van der Waals surface area contributed by atoms with Gasteiger partial charge in [-0.05, 0) is 41.8 Å². The van der Waals surface area contributed by atoms with E-state index in [4.69, 9.17) is 4.74 Å². The molecule has 0 aromatic heterocycles. The molecule has 0 atom stereocenters. The summed E-state index contributed by atoms with van der Waals surface area (Å²) in [6.45, 7) is 7.54. The van der Waals surface area contributed by atoms with E-state index < -0.39 is 39.2 Å². The second-order valence-corrected chi connectivity index (χ2v) is 11.6. The quantitative estimate of drug-likeness (QED) is 0.544. The minimum Gasteiger partial charge on any atom is -0.496 e. The molecule has 0 unspecified atom stereocenters. The molecule has 12 heteroatoms. The molecule has 1 saturated heterocycles. The van der Waals surface area contributed by atoms with E-state index in [1.807, 2.05) is 20.8 Å². The average molecular weight is 545 g/mol. The maximum atomic E-state index is 13.4. The van der Waals surface area contributed by atoms with Crippen LogP contribution in [0.15, 0.2) is 36.4 Å². The van der Waals surface area contributed by atoms with Gasteiger partial charge in [-0.2, -0.15) is 0 Å². The van der Waals surface area contributed by atoms with E-state index in [1.165, 1.54) is 37.4 Å². The molecule has 1 aliphatic rings. The number of carbonyl (C=O) groups is 4. The van der Waals surface area contributed by atoms with E-state index in [9.17, 15) is 27.6 Å². The lowest BCUT2D eigenvalue weighted by Gasteiger charge is -2.30. The number of benzene rings is 2. The molecule has 1 fully saturated rings. The average Bonchev–Trinajstić information content (AvgIpc) is 2.83. The number of urea groups is 1. The predicted molar refractivity (Wildman–Crippen MR) is 144 cm³/mol. The maximum absolute atomic E-state index is 13.4. The third-order valence-electron chi connectivity index (χ3n) is 5.88. The Morgan fingerprint density at radius 1 is 1.13 bits per heavy atom. The van der Waals surface area contributed by atoms with Crippen molar-refractivity contribution < 1.29 is 32.3 Å². The van der Waals surface area contributed by atoms with Crippen LogP contribution in [-0.2, 0) is 25.0 Å². The molecule has 0 radical (unpaired) electrons. The summed E-state index contributed by atoms with van der Waals surface area (Å²) in [5.41, 5.74) is 0.915. The van der Waals surface area contributed by atoms with Gasteiger partial charge in [0.15, 0.2) is 0 Å². The van der Waals surface area contributed by atoms with Crippen LogP contribution in [0.25, 0.3) is 0 Å². The fourth-order valence-corrected chi connectivity index (χ4v) is 5.08. The molecule has 0 aliphatic carbocycles. The molecule has 2 N–H and O–H groups in total. The predicted octanol–water partition coefficient (Wildman–Crippen LogP) is 3.39. The highest BCUT2D eigenvalue weighted by molar-refractivity contribution is 7.92. The normalized spacial score (nSPS) is 14.1. The van der Waals surface area contributed by atoms with Crippen LogP contribution in [0.1, 0.15) is 56.5 Å². The van der Waals surface area contributed by atoms with Crippen LogP contribution in [0.3, 0.4) is 0 Å². The molecule has 1 aliphatic heterocycles. The van der Waals surface area contributed by atoms with Crippen molar-refractivity contribution >= 4 is 50.8 Å². The van der Waals surface area contributed by atoms with Gasteiger partial charge in [0, 0.05) is 30.6 Å². The number of imide groups is 1. The molecule has 204 valence electrons. The van der Waals surface area contributed by atoms with Crippen LogP contribution in [0.5, 0.6) is 5.75 Å². The summed E-state index contributed by atoms with van der Waals surface area (Å²) in [5, 5.41) is 5.37. The maximum Gasteiger partial charge on any atom is 0.328 e. The number of rotatable bonds is 7. The summed E-state index contributed by atoms with van der Waals surface area (Å²) in [6.07, 6.45) is 1.06. The Labute approximate surface area is 222 Å². The van der Waals surface area contributed by atoms with Gasteiger partial charge in [-0.15, -0.1) is 0 Å². The summed E-state index contributed by atoms with van der Waals surface area (Å²) >= 11 is 0. The fraction of sp³-hybridized carbons (Fsp3) is 0.385. The monoisotopic (exact) mass is 544 g/mol. The summed E-state index contributed by atoms with van der Waals surface area (Å²) in [6, 6.07) is 8.27. The molecule has 0 saturated carbocycles. The minimum absolute atomic E-state index is 0.00462. The molecule has 38 heavy (non-hydrogen) atoms. The zero-order chi connectivity index (χ0) is 28.4. The number of nitrogens with one attached hydrogen (secondary N) is 2. The fourth-order valence-electron chi connectivity index (χ4n) is 4.07. The van der Waals surface area contributed by atoms with Crippen molar-refractivity contribution in [3.05, 3.63) is 47.5 Å². The van der Waals surface area contributed by atoms with E-state index in [2.05, 4.69) is 10.6 Å². The number of sulfonamides is 1. The Bertz CT molecular complexity index is 1360. The third-order valence-corrected chi connectivity index (χ3v) is 6.95. The lowest BCUT2D eigenvalue weighted by molar-refractivity contribution is -0.118. The molecule has 2 aromatic carbocycles. The number of nitrogens with zero attached hydrogens (tertiary/aromatic N) is 2. The largest absolute Gasteiger partial charge is 0.496 e. The summed E-state index contributed by atoms with van der Waals surface area (Å²) < 4.78 is 30.6. The second-order valence-electron chi connectivity index (χ2n) is 9.81. The zero-order valence-electron chi connectivity index (χ0n) is 22.2. The van der Waals surface area contributed by atoms with E-state index in [1.54, 1.807) is 13.0 Å². The van der Waals surface area contributed by atoms with Gasteiger partial charge in [0.1, 0.15) is 5.75 Å². The van der Waals surface area contributed by atoms with Gasteiger partial charge >= 0.3 is 6.03 Å². The van der Waals surface area contributed by atoms with Crippen LogP contribution < -0.4 is 24.6 Å². The molecule has 11 nitrogen and oxygen atoms in total. The molecule has 2 aromatic rings. The molecule has 0 spiro atoms. The highest BCUT2D eigenvalue weighted by Gasteiger charge is 2.32. The Morgan fingerprint density at radius 3 is 2.26 bits per heavy atom. The van der Waals surface area contributed by atoms with Crippen molar-refractivity contribution in [2.75, 3.05) is 34.4 Å². The summed E-state index contributed by atoms with van der Waals surface area (Å²) in [4.78, 5) is 51.8. The molecule has 0 bridgehead atoms. The van der Waals surface area contributed by atoms with Crippen molar-refractivity contribution in [1.29, 1.82) is 0 Å². The number of hydrogen-bond donors (Lipinski definition) is 2. The molecule has 3 rings (SSSR count). The molecule has 5 amide bonds. The zero-order valence-corrected chi connectivity index (χ0v) is 23.1. The second kappa shape index (κ2) is 10.8. The minimum atomic E-state index is -3.85. The van der Waals surface area contributed by atoms with Gasteiger partial charge in [0.2, 0.25) is 21.8 Å². The van der Waals surface area contributed by atoms with Crippen molar-refractivity contribution in [2.24, 2.45) is 0 Å². The number of hydrogen-bond acceptors (Lipinski definition) is 7. The lowest BCUT2D eigenvalue weighted by Crippen LogP contribution is -2.50. The van der Waals surface area contributed by atoms with Gasteiger partial charge in [0.25, 0.3) is 5.91 Å². The van der Waals surface area contributed by atoms with E-state index in [-0.39, 0.29) is 42.1 Å². The third kappa shape index (κ3) is 5.96. The van der Waals surface area contributed by atoms with Crippen LogP contribution >= 0.6 is 0 Å². The van der Waals surface area contributed by atoms with Gasteiger partial charge in [-0.1, -0.05) is 27.7 Å². The van der Waals surface area contributed by atoms with Crippen molar-refractivity contribution in [3.8, 4) is 5.75 Å². The van der Waals surface area contributed by atoms with Crippen LogP contribution in [0, 0.1) is 0 Å². The first-order valence-corrected chi connectivity index (χ1v) is 13.8. The Kier molecular flexibility index (Phi) is 8.15. The molecular weight excluding hydrogens is 512 g/mol. The Hall–Kier alpha value is -3.93. The van der Waals surface area contributed by atoms with Crippen molar-refractivity contribution in [2.45, 2.75) is 46.0 Å². The van der Waals surface area contributed by atoms with Crippen LogP contribution in [-0.4, -0.2) is 52.1 Å². The Morgan fingerprint density at radius 2 is 1.76 bits per heavy atom. The van der Waals surface area contributed by atoms with Gasteiger partial charge < -0.3 is 15.4 Å². The molecular formula is C26H32N4O7S. The van der Waals surface area contributed by atoms with Crippen LogP contribution in [0.4, 0.5) is 21.9 Å². The number of amides is 5. The number of ether oxygens (including phenoxy) is 1. The number of carbonyl (C=O) groups excluding carboxylic acids is 4. The summed E-state index contributed by atoms with van der Waals surface area (Å²) in [7, 11) is -2.42. The van der Waals surface area contributed by atoms with Crippen molar-refractivity contribution in [1.82, 2.24) is 5.32 Å². The summed E-state index contributed by atoms with van der Waals surface area (Å²) in [5.74, 6) is -1.26. The first-order chi connectivity index (χ1) is 17.7. The Balaban J connectivity index is 2.03. The van der Waals surface area contributed by atoms with E-state index >= 15 is 0 Å². The lowest BCUT2D eigenvalue weighted by atomic mass is 9.84. The smallest absolute Gasteiger partial charge is 0.328 e. The SMILES string of the molecule is CCC(=O)N(c1ccc(NC(=O)c2cc(N3C(=O)CCNC3=O)cc(C(C)(C)C)c2OC)cc1)S(C)(=O)=O. The van der Waals surface area contributed by atoms with Gasteiger partial charge in [-0.3, -0.25) is 14.4 Å². The highest BCUT2D eigenvalue weighted by atomic mass is 32.2. The first kappa shape index (κ1) is 28.6. The van der Waals surface area contributed by atoms with E-state index in [0.29, 0.717) is 15.6 Å². The molecule has 1 heterocycles. The van der Waals surface area contributed by atoms with E-state index in [0.717, 1.165) is 11.2 Å². The van der Waals surface area contributed by atoms with Crippen LogP contribution in [0.2, 0.25) is 0 Å². The van der Waals surface area contributed by atoms with Gasteiger partial charge in [0.05, 0.1) is 30.3 Å².